The highest BCUT2D eigenvalue weighted by Gasteiger charge is 2.23. The zero-order valence-electron chi connectivity index (χ0n) is 10.5. The Morgan fingerprint density at radius 3 is 2.44 bits per heavy atom. The lowest BCUT2D eigenvalue weighted by Gasteiger charge is -2.27. The lowest BCUT2D eigenvalue weighted by molar-refractivity contribution is 0.0696. The van der Waals surface area contributed by atoms with Crippen LogP contribution in [0.5, 0.6) is 0 Å². The Balaban J connectivity index is 3.08. The fraction of sp³-hybridized carbons (Fsp3) is 0.500. The highest BCUT2D eigenvalue weighted by Crippen LogP contribution is 2.16. The normalized spacial score (nSPS) is 11.3. The molecular weight excluding hydrogens is 236 g/mol. The predicted octanol–water partition coefficient (Wildman–Crippen LogP) is 0.497. The second-order valence-corrected chi connectivity index (χ2v) is 4.39. The first-order valence-electron chi connectivity index (χ1n) is 5.68. The van der Waals surface area contributed by atoms with E-state index in [1.807, 2.05) is 6.92 Å². The molecule has 1 aromatic rings. The summed E-state index contributed by atoms with van der Waals surface area (Å²) in [7, 11) is 0. The number of rotatable bonds is 6. The van der Waals surface area contributed by atoms with Crippen LogP contribution in [-0.4, -0.2) is 45.0 Å². The maximum Gasteiger partial charge on any atom is 0.335 e. The van der Waals surface area contributed by atoms with Gasteiger partial charge in [0.15, 0.2) is 0 Å². The molecular formula is C12H18N2O4. The van der Waals surface area contributed by atoms with Crippen molar-refractivity contribution in [3.63, 3.8) is 0 Å². The van der Waals surface area contributed by atoms with Gasteiger partial charge in [0.1, 0.15) is 5.82 Å². The summed E-state index contributed by atoms with van der Waals surface area (Å²) in [6.45, 7) is 2.91. The molecule has 0 saturated carbocycles. The summed E-state index contributed by atoms with van der Waals surface area (Å²) in [5.74, 6) is -0.706. The van der Waals surface area contributed by atoms with E-state index in [-0.39, 0.29) is 18.8 Å². The van der Waals surface area contributed by atoms with Gasteiger partial charge in [0.05, 0.1) is 24.3 Å². The number of hydrogen-bond acceptors (Lipinski definition) is 5. The van der Waals surface area contributed by atoms with Crippen LogP contribution in [-0.2, 0) is 6.42 Å². The monoisotopic (exact) mass is 254 g/mol. The quantitative estimate of drug-likeness (QED) is 0.589. The molecule has 0 atom stereocenters. The number of pyridine rings is 1. The third-order valence-corrected chi connectivity index (χ3v) is 2.62. The van der Waals surface area contributed by atoms with E-state index < -0.39 is 11.5 Å². The first kappa shape index (κ1) is 14.4. The zero-order chi connectivity index (χ0) is 13.8. The topological polar surface area (TPSA) is 103 Å². The molecule has 0 aliphatic carbocycles. The number of hydrogen-bond donors (Lipinski definition) is 4. The Kier molecular flexibility index (Phi) is 4.63. The number of carbonyl (C=O) groups is 1. The number of carboxylic acid groups (broad SMARTS) is 1. The molecule has 0 bridgehead atoms. The summed E-state index contributed by atoms with van der Waals surface area (Å²) in [6.07, 6.45) is 0.602. The largest absolute Gasteiger partial charge is 0.478 e. The van der Waals surface area contributed by atoms with Crippen LogP contribution in [0.3, 0.4) is 0 Å². The molecule has 0 fully saturated rings. The predicted molar refractivity (Wildman–Crippen MR) is 66.8 cm³/mol. The number of anilines is 1. The van der Waals surface area contributed by atoms with Gasteiger partial charge in [-0.2, -0.15) is 0 Å². The summed E-state index contributed by atoms with van der Waals surface area (Å²) in [4.78, 5) is 15.2. The van der Waals surface area contributed by atoms with Crippen LogP contribution in [0.15, 0.2) is 12.1 Å². The standard InChI is InChI=1S/C12H18N2O4/c1-3-9-4-8(11(17)18)5-10(13-9)14-12(2,6-15)7-16/h4-5,15-16H,3,6-7H2,1-2H3,(H,13,14)(H,17,18). The van der Waals surface area contributed by atoms with Gasteiger partial charge < -0.3 is 20.6 Å². The second kappa shape index (κ2) is 5.79. The van der Waals surface area contributed by atoms with E-state index in [2.05, 4.69) is 10.3 Å². The van der Waals surface area contributed by atoms with E-state index in [0.29, 0.717) is 17.9 Å². The highest BCUT2D eigenvalue weighted by atomic mass is 16.4. The molecule has 0 aliphatic rings. The van der Waals surface area contributed by atoms with Crippen LogP contribution in [0.25, 0.3) is 0 Å². The van der Waals surface area contributed by atoms with Crippen LogP contribution >= 0.6 is 0 Å². The van der Waals surface area contributed by atoms with Gasteiger partial charge in [0.25, 0.3) is 0 Å². The van der Waals surface area contributed by atoms with E-state index in [1.54, 1.807) is 6.92 Å². The summed E-state index contributed by atoms with van der Waals surface area (Å²) in [5, 5.41) is 30.2. The molecule has 1 rings (SSSR count). The maximum atomic E-state index is 11.0. The van der Waals surface area contributed by atoms with Gasteiger partial charge in [0.2, 0.25) is 0 Å². The molecule has 0 aliphatic heterocycles. The first-order chi connectivity index (χ1) is 8.44. The van der Waals surface area contributed by atoms with Crippen molar-refractivity contribution in [1.82, 2.24) is 4.98 Å². The van der Waals surface area contributed by atoms with E-state index >= 15 is 0 Å². The van der Waals surface area contributed by atoms with Crippen LogP contribution in [0.2, 0.25) is 0 Å². The van der Waals surface area contributed by atoms with E-state index in [4.69, 9.17) is 5.11 Å². The van der Waals surface area contributed by atoms with E-state index in [1.165, 1.54) is 12.1 Å². The van der Waals surface area contributed by atoms with Crippen molar-refractivity contribution in [3.05, 3.63) is 23.4 Å². The van der Waals surface area contributed by atoms with Gasteiger partial charge in [-0.3, -0.25) is 0 Å². The van der Waals surface area contributed by atoms with E-state index in [9.17, 15) is 15.0 Å². The number of aliphatic hydroxyl groups excluding tert-OH is 2. The van der Waals surface area contributed by atoms with Crippen molar-refractivity contribution in [2.24, 2.45) is 0 Å². The lowest BCUT2D eigenvalue weighted by Crippen LogP contribution is -2.42. The van der Waals surface area contributed by atoms with Crippen molar-refractivity contribution in [2.75, 3.05) is 18.5 Å². The number of aromatic carboxylic acids is 1. The molecule has 0 saturated heterocycles. The Hall–Kier alpha value is -1.66. The van der Waals surface area contributed by atoms with Gasteiger partial charge >= 0.3 is 5.97 Å². The maximum absolute atomic E-state index is 11.0. The summed E-state index contributed by atoms with van der Waals surface area (Å²) < 4.78 is 0. The van der Waals surface area contributed by atoms with E-state index in [0.717, 1.165) is 0 Å². The molecule has 6 heteroatoms. The number of aromatic nitrogens is 1. The van der Waals surface area contributed by atoms with Gasteiger partial charge in [-0.15, -0.1) is 0 Å². The van der Waals surface area contributed by atoms with Crippen LogP contribution in [0, 0.1) is 0 Å². The van der Waals surface area contributed by atoms with Crippen LogP contribution in [0.1, 0.15) is 29.9 Å². The number of aryl methyl sites for hydroxylation is 1. The fourth-order valence-corrected chi connectivity index (χ4v) is 1.39. The SMILES string of the molecule is CCc1cc(C(=O)O)cc(NC(C)(CO)CO)n1. The average Bonchev–Trinajstić information content (AvgIpc) is 2.38. The van der Waals surface area contributed by atoms with Crippen molar-refractivity contribution in [3.8, 4) is 0 Å². The Bertz CT molecular complexity index is 430. The number of nitrogens with one attached hydrogen (secondary N) is 1. The average molecular weight is 254 g/mol. The summed E-state index contributed by atoms with van der Waals surface area (Å²) in [6, 6.07) is 2.88. The van der Waals surface area contributed by atoms with Crippen molar-refractivity contribution in [1.29, 1.82) is 0 Å². The van der Waals surface area contributed by atoms with Gasteiger partial charge in [0, 0.05) is 5.69 Å². The van der Waals surface area contributed by atoms with Crippen molar-refractivity contribution in [2.45, 2.75) is 25.8 Å². The van der Waals surface area contributed by atoms with Crippen molar-refractivity contribution < 1.29 is 20.1 Å². The summed E-state index contributed by atoms with van der Waals surface area (Å²) >= 11 is 0. The zero-order valence-corrected chi connectivity index (χ0v) is 10.5. The van der Waals surface area contributed by atoms with Gasteiger partial charge in [-0.25, -0.2) is 9.78 Å². The molecule has 0 radical (unpaired) electrons. The number of carboxylic acids is 1. The molecule has 0 spiro atoms. The Labute approximate surface area is 105 Å². The molecule has 4 N–H and O–H groups in total. The third-order valence-electron chi connectivity index (χ3n) is 2.62. The minimum absolute atomic E-state index is 0.127. The smallest absolute Gasteiger partial charge is 0.335 e. The van der Waals surface area contributed by atoms with Gasteiger partial charge in [-0.1, -0.05) is 6.92 Å². The molecule has 1 heterocycles. The number of nitrogens with zero attached hydrogens (tertiary/aromatic N) is 1. The number of aliphatic hydroxyl groups is 2. The minimum Gasteiger partial charge on any atom is -0.478 e. The fourth-order valence-electron chi connectivity index (χ4n) is 1.39. The lowest BCUT2D eigenvalue weighted by atomic mass is 10.1. The molecule has 0 aromatic carbocycles. The van der Waals surface area contributed by atoms with Crippen molar-refractivity contribution >= 4 is 11.8 Å². The van der Waals surface area contributed by atoms with Crippen LogP contribution < -0.4 is 5.32 Å². The molecule has 18 heavy (non-hydrogen) atoms. The molecule has 1 aromatic heterocycles. The molecule has 6 nitrogen and oxygen atoms in total. The third kappa shape index (κ3) is 3.41. The summed E-state index contributed by atoms with van der Waals surface area (Å²) in [5.41, 5.74) is -0.173. The second-order valence-electron chi connectivity index (χ2n) is 4.39. The molecule has 100 valence electrons. The molecule has 0 amide bonds. The van der Waals surface area contributed by atoms with Crippen LogP contribution in [0.4, 0.5) is 5.82 Å². The van der Waals surface area contributed by atoms with Gasteiger partial charge in [-0.05, 0) is 25.5 Å². The Morgan fingerprint density at radius 1 is 1.39 bits per heavy atom. The highest BCUT2D eigenvalue weighted by molar-refractivity contribution is 5.88. The minimum atomic E-state index is -1.04. The first-order valence-corrected chi connectivity index (χ1v) is 5.68. The molecule has 0 unspecified atom stereocenters. The Morgan fingerprint density at radius 2 is 2.00 bits per heavy atom.